The van der Waals surface area contributed by atoms with Gasteiger partial charge in [-0.05, 0) is 23.8 Å². The second-order valence-corrected chi connectivity index (χ2v) is 2.70. The summed E-state index contributed by atoms with van der Waals surface area (Å²) in [6.45, 7) is 0. The van der Waals surface area contributed by atoms with Crippen molar-refractivity contribution in [3.8, 4) is 0 Å². The van der Waals surface area contributed by atoms with Crippen molar-refractivity contribution in [1.29, 1.82) is 0 Å². The van der Waals surface area contributed by atoms with E-state index < -0.39 is 0 Å². The van der Waals surface area contributed by atoms with Gasteiger partial charge in [0.1, 0.15) is 5.82 Å². The van der Waals surface area contributed by atoms with Crippen molar-refractivity contribution in [1.82, 2.24) is 15.0 Å². The zero-order valence-corrected chi connectivity index (χ0v) is 7.09. The summed E-state index contributed by atoms with van der Waals surface area (Å²) in [7, 11) is 0. The first-order valence-electron chi connectivity index (χ1n) is 4.10. The Morgan fingerprint density at radius 2 is 1.62 bits per heavy atom. The van der Waals surface area contributed by atoms with Gasteiger partial charge in [0.2, 0.25) is 0 Å². The molecule has 0 unspecified atom stereocenters. The molecule has 2 aromatic rings. The topological polar surface area (TPSA) is 38.7 Å². The predicted molar refractivity (Wildman–Crippen MR) is 49.1 cm³/mol. The molecule has 0 aliphatic rings. The minimum Gasteiger partial charge on any atom is -0.265 e. The van der Waals surface area contributed by atoms with Crippen LogP contribution >= 0.6 is 0 Å². The van der Waals surface area contributed by atoms with Crippen molar-refractivity contribution in [3.05, 3.63) is 54.4 Å². The third-order valence-corrected chi connectivity index (χ3v) is 1.73. The molecule has 0 radical (unpaired) electrons. The lowest BCUT2D eigenvalue weighted by molar-refractivity contribution is 0.965. The Morgan fingerprint density at radius 1 is 0.923 bits per heavy atom. The van der Waals surface area contributed by atoms with Crippen molar-refractivity contribution in [2.75, 3.05) is 0 Å². The van der Waals surface area contributed by atoms with Gasteiger partial charge in [0, 0.05) is 31.2 Å². The molecule has 0 fully saturated rings. The van der Waals surface area contributed by atoms with Gasteiger partial charge in [-0.1, -0.05) is 0 Å². The quantitative estimate of drug-likeness (QED) is 0.686. The Kier molecular flexibility index (Phi) is 2.27. The molecule has 0 spiro atoms. The number of pyridine rings is 1. The van der Waals surface area contributed by atoms with E-state index in [2.05, 4.69) is 15.0 Å². The molecule has 3 heteroatoms. The van der Waals surface area contributed by atoms with Crippen LogP contribution in [0.5, 0.6) is 0 Å². The minimum absolute atomic E-state index is 0.767. The first-order valence-corrected chi connectivity index (χ1v) is 4.10. The van der Waals surface area contributed by atoms with Crippen LogP contribution in [0.3, 0.4) is 0 Å². The van der Waals surface area contributed by atoms with Gasteiger partial charge in [-0.3, -0.25) is 4.98 Å². The van der Waals surface area contributed by atoms with E-state index in [1.165, 1.54) is 5.56 Å². The Labute approximate surface area is 76.5 Å². The maximum Gasteiger partial charge on any atom is 0.132 e. The highest BCUT2D eigenvalue weighted by atomic mass is 14.8. The van der Waals surface area contributed by atoms with E-state index in [0.29, 0.717) is 0 Å². The van der Waals surface area contributed by atoms with Crippen LogP contribution in [0.2, 0.25) is 0 Å². The van der Waals surface area contributed by atoms with Crippen LogP contribution in [0.15, 0.2) is 43.0 Å². The van der Waals surface area contributed by atoms with Gasteiger partial charge in [-0.15, -0.1) is 0 Å². The van der Waals surface area contributed by atoms with Crippen LogP contribution in [0.25, 0.3) is 0 Å². The first-order chi connectivity index (χ1) is 6.45. The van der Waals surface area contributed by atoms with Gasteiger partial charge in [-0.25, -0.2) is 9.97 Å². The molecule has 2 aromatic heterocycles. The minimum atomic E-state index is 0.767. The van der Waals surface area contributed by atoms with E-state index in [-0.39, 0.29) is 0 Å². The molecular weight excluding hydrogens is 162 g/mol. The molecule has 0 atom stereocenters. The van der Waals surface area contributed by atoms with Crippen molar-refractivity contribution in [2.45, 2.75) is 6.42 Å². The smallest absolute Gasteiger partial charge is 0.132 e. The average Bonchev–Trinajstić information content (AvgIpc) is 2.21. The normalized spacial score (nSPS) is 9.85. The molecule has 0 saturated heterocycles. The van der Waals surface area contributed by atoms with Crippen molar-refractivity contribution in [3.63, 3.8) is 0 Å². The van der Waals surface area contributed by atoms with Crippen LogP contribution in [0, 0.1) is 0 Å². The number of hydrogen-bond donors (Lipinski definition) is 0. The summed E-state index contributed by atoms with van der Waals surface area (Å²) in [5, 5.41) is 0. The molecule has 0 aliphatic heterocycles. The van der Waals surface area contributed by atoms with Crippen LogP contribution in [-0.2, 0) is 6.42 Å². The maximum absolute atomic E-state index is 4.14. The molecule has 13 heavy (non-hydrogen) atoms. The first kappa shape index (κ1) is 7.86. The van der Waals surface area contributed by atoms with Crippen molar-refractivity contribution in [2.24, 2.45) is 0 Å². The predicted octanol–water partition coefficient (Wildman–Crippen LogP) is 1.46. The fourth-order valence-electron chi connectivity index (χ4n) is 1.10. The summed E-state index contributed by atoms with van der Waals surface area (Å²) in [6, 6.07) is 5.75. The Bertz CT molecular complexity index is 321. The highest BCUT2D eigenvalue weighted by Crippen LogP contribution is 2.01. The summed E-state index contributed by atoms with van der Waals surface area (Å²) in [6.07, 6.45) is 7.83. The second-order valence-electron chi connectivity index (χ2n) is 2.70. The standard InChI is InChI=1S/C10H9N3/c1-4-12-10(13-5-1)8-9-2-6-11-7-3-9/h1-7H,8H2. The molecule has 0 N–H and O–H groups in total. The summed E-state index contributed by atoms with van der Waals surface area (Å²) in [4.78, 5) is 12.2. The van der Waals surface area contributed by atoms with Gasteiger partial charge >= 0.3 is 0 Å². The number of nitrogens with zero attached hydrogens (tertiary/aromatic N) is 3. The lowest BCUT2D eigenvalue weighted by atomic mass is 10.2. The highest BCUT2D eigenvalue weighted by molar-refractivity contribution is 5.14. The molecule has 64 valence electrons. The van der Waals surface area contributed by atoms with E-state index >= 15 is 0 Å². The van der Waals surface area contributed by atoms with Crippen LogP contribution in [-0.4, -0.2) is 15.0 Å². The second kappa shape index (κ2) is 3.76. The number of aromatic nitrogens is 3. The average molecular weight is 171 g/mol. The molecule has 2 rings (SSSR count). The van der Waals surface area contributed by atoms with E-state index in [0.717, 1.165) is 12.2 Å². The van der Waals surface area contributed by atoms with E-state index in [4.69, 9.17) is 0 Å². The fourth-order valence-corrected chi connectivity index (χ4v) is 1.10. The van der Waals surface area contributed by atoms with Crippen LogP contribution < -0.4 is 0 Å². The van der Waals surface area contributed by atoms with E-state index in [1.54, 1.807) is 24.8 Å². The molecule has 0 saturated carbocycles. The number of hydrogen-bond acceptors (Lipinski definition) is 3. The summed E-state index contributed by atoms with van der Waals surface area (Å²) >= 11 is 0. The van der Waals surface area contributed by atoms with E-state index in [9.17, 15) is 0 Å². The van der Waals surface area contributed by atoms with Gasteiger partial charge < -0.3 is 0 Å². The molecule has 3 nitrogen and oxygen atoms in total. The van der Waals surface area contributed by atoms with Gasteiger partial charge in [0.15, 0.2) is 0 Å². The lowest BCUT2D eigenvalue weighted by Gasteiger charge is -1.97. The summed E-state index contributed by atoms with van der Waals surface area (Å²) < 4.78 is 0. The fraction of sp³-hybridized carbons (Fsp3) is 0.100. The highest BCUT2D eigenvalue weighted by Gasteiger charge is 1.95. The lowest BCUT2D eigenvalue weighted by Crippen LogP contribution is -1.94. The molecule has 0 aliphatic carbocycles. The maximum atomic E-state index is 4.14. The van der Waals surface area contributed by atoms with Gasteiger partial charge in [0.25, 0.3) is 0 Å². The SMILES string of the molecule is c1cnc(Cc2ccncc2)nc1. The Morgan fingerprint density at radius 3 is 2.31 bits per heavy atom. The zero-order chi connectivity index (χ0) is 8.93. The summed E-state index contributed by atoms with van der Waals surface area (Å²) in [5.74, 6) is 0.841. The molecule has 0 aromatic carbocycles. The largest absolute Gasteiger partial charge is 0.265 e. The molecule has 0 amide bonds. The monoisotopic (exact) mass is 171 g/mol. The van der Waals surface area contributed by atoms with Crippen molar-refractivity contribution < 1.29 is 0 Å². The van der Waals surface area contributed by atoms with Gasteiger partial charge in [0.05, 0.1) is 0 Å². The molecular formula is C10H9N3. The third kappa shape index (κ3) is 2.08. The van der Waals surface area contributed by atoms with Crippen LogP contribution in [0.4, 0.5) is 0 Å². The van der Waals surface area contributed by atoms with Crippen molar-refractivity contribution >= 4 is 0 Å². The molecule has 2 heterocycles. The zero-order valence-electron chi connectivity index (χ0n) is 7.09. The van der Waals surface area contributed by atoms with E-state index in [1.807, 2.05) is 18.2 Å². The number of rotatable bonds is 2. The molecule has 0 bridgehead atoms. The Hall–Kier alpha value is -1.77. The third-order valence-electron chi connectivity index (χ3n) is 1.73. The Balaban J connectivity index is 2.16. The van der Waals surface area contributed by atoms with Crippen LogP contribution in [0.1, 0.15) is 11.4 Å². The summed E-state index contributed by atoms with van der Waals surface area (Å²) in [5.41, 5.74) is 1.18. The van der Waals surface area contributed by atoms with Gasteiger partial charge in [-0.2, -0.15) is 0 Å².